The van der Waals surface area contributed by atoms with Crippen molar-refractivity contribution in [1.29, 1.82) is 0 Å². The quantitative estimate of drug-likeness (QED) is 0.785. The Morgan fingerprint density at radius 3 is 2.41 bits per heavy atom. The van der Waals surface area contributed by atoms with E-state index in [0.717, 1.165) is 17.4 Å². The molecule has 2 aromatic rings. The van der Waals surface area contributed by atoms with E-state index in [-0.39, 0.29) is 24.6 Å². The molecule has 0 bridgehead atoms. The van der Waals surface area contributed by atoms with E-state index in [0.29, 0.717) is 5.69 Å². The van der Waals surface area contributed by atoms with E-state index < -0.39 is 21.7 Å². The highest BCUT2D eigenvalue weighted by atomic mass is 32.2. The molecule has 0 fully saturated rings. The predicted molar refractivity (Wildman–Crippen MR) is 106 cm³/mol. The highest BCUT2D eigenvalue weighted by Gasteiger charge is 2.23. The van der Waals surface area contributed by atoms with Gasteiger partial charge in [-0.15, -0.1) is 0 Å². The summed E-state index contributed by atoms with van der Waals surface area (Å²) in [7, 11) is -3.56. The number of hydrogen-bond acceptors (Lipinski definition) is 3. The monoisotopic (exact) mass is 392 g/mol. The molecule has 1 amide bonds. The van der Waals surface area contributed by atoms with Gasteiger partial charge in [0.2, 0.25) is 10.0 Å². The van der Waals surface area contributed by atoms with E-state index >= 15 is 0 Å². The molecule has 0 aliphatic heterocycles. The van der Waals surface area contributed by atoms with Gasteiger partial charge < -0.3 is 5.32 Å². The third-order valence-electron chi connectivity index (χ3n) is 4.26. The fourth-order valence-electron chi connectivity index (χ4n) is 2.94. The van der Waals surface area contributed by atoms with Gasteiger partial charge in [-0.3, -0.25) is 9.10 Å². The Hall–Kier alpha value is -2.41. The molecule has 0 spiro atoms. The highest BCUT2D eigenvalue weighted by Crippen LogP contribution is 2.32. The number of rotatable bonds is 7. The standard InChI is InChI=1S/C20H25FN2O3S/c1-14(2)16-10-7-8-15(3)19(16)23(27(4,25)26)13-12-22-20(24)17-9-5-6-11-18(17)21/h5-11,14H,12-13H2,1-4H3,(H,22,24). The molecule has 0 saturated heterocycles. The van der Waals surface area contributed by atoms with Crippen LogP contribution in [-0.2, 0) is 10.0 Å². The topological polar surface area (TPSA) is 66.5 Å². The summed E-state index contributed by atoms with van der Waals surface area (Å²) >= 11 is 0. The van der Waals surface area contributed by atoms with Gasteiger partial charge in [0.1, 0.15) is 5.82 Å². The van der Waals surface area contributed by atoms with Crippen molar-refractivity contribution in [2.75, 3.05) is 23.7 Å². The molecule has 0 aliphatic carbocycles. The number of halogens is 1. The number of carbonyl (C=O) groups excluding carboxylic acids is 1. The minimum Gasteiger partial charge on any atom is -0.350 e. The number of sulfonamides is 1. The second kappa shape index (κ2) is 8.52. The van der Waals surface area contributed by atoms with Gasteiger partial charge in [0.15, 0.2) is 0 Å². The van der Waals surface area contributed by atoms with Gasteiger partial charge in [0.05, 0.1) is 24.1 Å². The van der Waals surface area contributed by atoms with Gasteiger partial charge in [-0.2, -0.15) is 0 Å². The van der Waals surface area contributed by atoms with Crippen molar-refractivity contribution in [3.8, 4) is 0 Å². The van der Waals surface area contributed by atoms with Crippen LogP contribution in [0.2, 0.25) is 0 Å². The molecule has 5 nitrogen and oxygen atoms in total. The Kier molecular flexibility index (Phi) is 6.59. The average Bonchev–Trinajstić information content (AvgIpc) is 2.58. The van der Waals surface area contributed by atoms with Crippen LogP contribution in [0, 0.1) is 12.7 Å². The van der Waals surface area contributed by atoms with Crippen molar-refractivity contribution in [2.24, 2.45) is 0 Å². The van der Waals surface area contributed by atoms with Crippen molar-refractivity contribution < 1.29 is 17.6 Å². The molecule has 1 N–H and O–H groups in total. The lowest BCUT2D eigenvalue weighted by molar-refractivity contribution is 0.0951. The molecular formula is C20H25FN2O3S. The van der Waals surface area contributed by atoms with Gasteiger partial charge in [-0.05, 0) is 36.1 Å². The number of nitrogens with one attached hydrogen (secondary N) is 1. The minimum absolute atomic E-state index is 0.0591. The number of carbonyl (C=O) groups is 1. The summed E-state index contributed by atoms with van der Waals surface area (Å²) < 4.78 is 39.8. The summed E-state index contributed by atoms with van der Waals surface area (Å²) in [5.74, 6) is -1.05. The summed E-state index contributed by atoms with van der Waals surface area (Å²) in [6, 6.07) is 11.3. The van der Waals surface area contributed by atoms with Gasteiger partial charge in [0, 0.05) is 6.54 Å². The van der Waals surface area contributed by atoms with Crippen molar-refractivity contribution in [3.05, 3.63) is 65.0 Å². The van der Waals surface area contributed by atoms with Crippen LogP contribution in [-0.4, -0.2) is 33.7 Å². The van der Waals surface area contributed by atoms with Crippen molar-refractivity contribution in [1.82, 2.24) is 5.32 Å². The lowest BCUT2D eigenvalue weighted by atomic mass is 9.98. The van der Waals surface area contributed by atoms with Crippen molar-refractivity contribution in [2.45, 2.75) is 26.7 Å². The molecule has 2 aromatic carbocycles. The Bertz CT molecular complexity index is 927. The van der Waals surface area contributed by atoms with E-state index in [2.05, 4.69) is 5.32 Å². The van der Waals surface area contributed by atoms with Crippen molar-refractivity contribution in [3.63, 3.8) is 0 Å². The normalized spacial score (nSPS) is 11.5. The first kappa shape index (κ1) is 20.9. The third kappa shape index (κ3) is 5.07. The van der Waals surface area contributed by atoms with Crippen LogP contribution in [0.5, 0.6) is 0 Å². The second-order valence-electron chi connectivity index (χ2n) is 6.74. The molecule has 0 aliphatic rings. The number of para-hydroxylation sites is 1. The molecule has 0 saturated carbocycles. The van der Waals surface area contributed by atoms with Gasteiger partial charge in [-0.25, -0.2) is 12.8 Å². The van der Waals surface area contributed by atoms with E-state index in [9.17, 15) is 17.6 Å². The molecular weight excluding hydrogens is 367 g/mol. The minimum atomic E-state index is -3.56. The number of amides is 1. The largest absolute Gasteiger partial charge is 0.350 e. The third-order valence-corrected chi connectivity index (χ3v) is 5.43. The molecule has 0 unspecified atom stereocenters. The summed E-state index contributed by atoms with van der Waals surface area (Å²) in [6.07, 6.45) is 1.14. The first-order valence-electron chi connectivity index (χ1n) is 8.73. The lowest BCUT2D eigenvalue weighted by Gasteiger charge is -2.28. The van der Waals surface area contributed by atoms with Crippen LogP contribution in [0.4, 0.5) is 10.1 Å². The second-order valence-corrected chi connectivity index (χ2v) is 8.65. The maximum absolute atomic E-state index is 13.7. The van der Waals surface area contributed by atoms with Gasteiger partial charge in [-0.1, -0.05) is 44.2 Å². The first-order chi connectivity index (χ1) is 12.6. The summed E-state index contributed by atoms with van der Waals surface area (Å²) in [6.45, 7) is 5.98. The number of aryl methyl sites for hydroxylation is 1. The van der Waals surface area contributed by atoms with E-state index in [1.54, 1.807) is 6.07 Å². The smallest absolute Gasteiger partial charge is 0.254 e. The summed E-state index contributed by atoms with van der Waals surface area (Å²) in [5.41, 5.74) is 2.32. The van der Waals surface area contributed by atoms with Gasteiger partial charge >= 0.3 is 0 Å². The maximum atomic E-state index is 13.7. The Labute approximate surface area is 160 Å². The number of nitrogens with zero attached hydrogens (tertiary/aromatic N) is 1. The van der Waals surface area contributed by atoms with Gasteiger partial charge in [0.25, 0.3) is 5.91 Å². The van der Waals surface area contributed by atoms with Crippen LogP contribution >= 0.6 is 0 Å². The zero-order valence-electron chi connectivity index (χ0n) is 16.0. The average molecular weight is 392 g/mol. The predicted octanol–water partition coefficient (Wildman–Crippen LogP) is 3.45. The van der Waals surface area contributed by atoms with Crippen LogP contribution in [0.1, 0.15) is 41.3 Å². The van der Waals surface area contributed by atoms with Crippen LogP contribution in [0.25, 0.3) is 0 Å². The SMILES string of the molecule is Cc1cccc(C(C)C)c1N(CCNC(=O)c1ccccc1F)S(C)(=O)=O. The first-order valence-corrected chi connectivity index (χ1v) is 10.6. The van der Waals surface area contributed by atoms with E-state index in [4.69, 9.17) is 0 Å². The Morgan fingerprint density at radius 1 is 1.15 bits per heavy atom. The maximum Gasteiger partial charge on any atom is 0.254 e. The summed E-state index contributed by atoms with van der Waals surface area (Å²) in [5, 5.41) is 2.60. The van der Waals surface area contributed by atoms with Crippen LogP contribution < -0.4 is 9.62 Å². The molecule has 2 rings (SSSR count). The Morgan fingerprint density at radius 2 is 1.81 bits per heavy atom. The number of hydrogen-bond donors (Lipinski definition) is 1. The molecule has 7 heteroatoms. The van der Waals surface area contributed by atoms with E-state index in [1.165, 1.54) is 22.5 Å². The fraction of sp³-hybridized carbons (Fsp3) is 0.350. The zero-order valence-corrected chi connectivity index (χ0v) is 16.8. The van der Waals surface area contributed by atoms with Crippen LogP contribution in [0.3, 0.4) is 0 Å². The molecule has 0 heterocycles. The molecule has 0 aromatic heterocycles. The molecule has 146 valence electrons. The number of benzene rings is 2. The van der Waals surface area contributed by atoms with E-state index in [1.807, 2.05) is 39.0 Å². The summed E-state index contributed by atoms with van der Waals surface area (Å²) in [4.78, 5) is 12.2. The lowest BCUT2D eigenvalue weighted by Crippen LogP contribution is -2.39. The molecule has 27 heavy (non-hydrogen) atoms. The van der Waals surface area contributed by atoms with Crippen LogP contribution in [0.15, 0.2) is 42.5 Å². The molecule has 0 radical (unpaired) electrons. The number of anilines is 1. The fourth-order valence-corrected chi connectivity index (χ4v) is 3.95. The highest BCUT2D eigenvalue weighted by molar-refractivity contribution is 7.92. The zero-order chi connectivity index (χ0) is 20.2. The van der Waals surface area contributed by atoms with Crippen molar-refractivity contribution >= 4 is 21.6 Å². The Balaban J connectivity index is 2.23. The molecule has 0 atom stereocenters.